The number of nitrogens with one attached hydrogen (secondary N) is 2. The van der Waals surface area contributed by atoms with Gasteiger partial charge in [-0.3, -0.25) is 9.69 Å². The number of nitrogens with zero attached hydrogens (tertiary/aromatic N) is 5. The number of rotatable bonds is 6. The summed E-state index contributed by atoms with van der Waals surface area (Å²) in [7, 11) is 3.67. The van der Waals surface area contributed by atoms with Crippen molar-refractivity contribution in [2.24, 2.45) is 0 Å². The van der Waals surface area contributed by atoms with Gasteiger partial charge < -0.3 is 20.4 Å². The van der Waals surface area contributed by atoms with E-state index in [-0.39, 0.29) is 5.91 Å². The molecule has 3 aliphatic rings. The molecule has 0 atom stereocenters. The number of piperidine rings is 1. The van der Waals surface area contributed by atoms with Gasteiger partial charge in [-0.05, 0) is 55.4 Å². The Bertz CT molecular complexity index is 1250. The van der Waals surface area contributed by atoms with Crippen LogP contribution in [0.25, 0.3) is 10.1 Å². The summed E-state index contributed by atoms with van der Waals surface area (Å²) in [6.07, 6.45) is 11.1. The number of amides is 1. The summed E-state index contributed by atoms with van der Waals surface area (Å²) >= 11 is 1.58. The van der Waals surface area contributed by atoms with Crippen LogP contribution in [-0.4, -0.2) is 85.1 Å². The Morgan fingerprint density at radius 3 is 2.42 bits per heavy atom. The predicted octanol–water partition coefficient (Wildman–Crippen LogP) is 4.67. The lowest BCUT2D eigenvalue weighted by Gasteiger charge is -2.41. The largest absolute Gasteiger partial charge is 0.370 e. The Morgan fingerprint density at radius 1 is 1.00 bits per heavy atom. The van der Waals surface area contributed by atoms with Crippen molar-refractivity contribution in [3.63, 3.8) is 0 Å². The molecule has 0 bridgehead atoms. The molecule has 202 valence electrons. The molecule has 0 spiro atoms. The minimum atomic E-state index is 0.0943. The molecule has 1 saturated carbocycles. The number of carbonyl (C=O) groups is 1. The molecule has 1 amide bonds. The van der Waals surface area contributed by atoms with Crippen LogP contribution in [0, 0.1) is 0 Å². The summed E-state index contributed by atoms with van der Waals surface area (Å²) in [5.74, 6) is 2.11. The first-order valence-corrected chi connectivity index (χ1v) is 15.0. The highest BCUT2D eigenvalue weighted by molar-refractivity contribution is 7.21. The monoisotopic (exact) mass is 533 g/mol. The molecule has 38 heavy (non-hydrogen) atoms. The lowest BCUT2D eigenvalue weighted by molar-refractivity contribution is 0.0831. The number of thiophene rings is 1. The van der Waals surface area contributed by atoms with Crippen molar-refractivity contribution in [3.05, 3.63) is 41.0 Å². The molecule has 0 aromatic carbocycles. The Morgan fingerprint density at radius 2 is 1.74 bits per heavy atom. The van der Waals surface area contributed by atoms with Crippen LogP contribution in [0.1, 0.15) is 59.7 Å². The van der Waals surface area contributed by atoms with Crippen molar-refractivity contribution >= 4 is 44.7 Å². The molecule has 2 aliphatic heterocycles. The number of hydrogen-bond donors (Lipinski definition) is 2. The third-order valence-corrected chi connectivity index (χ3v) is 9.62. The van der Waals surface area contributed by atoms with Crippen LogP contribution in [0.5, 0.6) is 0 Å². The van der Waals surface area contributed by atoms with Crippen LogP contribution in [0.15, 0.2) is 30.6 Å². The van der Waals surface area contributed by atoms with Crippen molar-refractivity contribution in [3.8, 4) is 0 Å². The van der Waals surface area contributed by atoms with E-state index in [2.05, 4.69) is 43.6 Å². The number of fused-ring (bicyclic) bond motifs is 1. The molecular weight excluding hydrogens is 494 g/mol. The molecule has 6 rings (SSSR count). The van der Waals surface area contributed by atoms with Gasteiger partial charge in [-0.25, -0.2) is 9.97 Å². The minimum absolute atomic E-state index is 0.0943. The number of aromatic nitrogens is 2. The molecule has 1 aliphatic carbocycles. The molecule has 3 aromatic rings. The molecule has 9 heteroatoms. The molecular formula is C29H39N7OS. The fourth-order valence-corrected chi connectivity index (χ4v) is 7.65. The highest BCUT2D eigenvalue weighted by Gasteiger charge is 2.29. The van der Waals surface area contributed by atoms with E-state index < -0.39 is 0 Å². The van der Waals surface area contributed by atoms with E-state index >= 15 is 0 Å². The maximum Gasteiger partial charge on any atom is 0.263 e. The Labute approximate surface area is 229 Å². The van der Waals surface area contributed by atoms with E-state index in [9.17, 15) is 4.79 Å². The van der Waals surface area contributed by atoms with Crippen LogP contribution in [0.2, 0.25) is 0 Å². The topological polar surface area (TPSA) is 76.6 Å². The summed E-state index contributed by atoms with van der Waals surface area (Å²) in [5, 5.41) is 8.03. The standard InChI is InChI=1S/C29H39N7OS/c1-34(2)29(37)28-27(20-5-3-4-6-20)23-17-26(32-19-24(23)38-28)33-25-8-7-22(18-31-25)35-13-9-21(10-14-35)36-15-11-30-12-16-36/h7-8,17-21,30H,3-6,9-16H2,1-2H3,(H,31,32,33). The predicted molar refractivity (Wildman–Crippen MR) is 156 cm³/mol. The highest BCUT2D eigenvalue weighted by atomic mass is 32.1. The number of hydrogen-bond acceptors (Lipinski definition) is 8. The Kier molecular flexibility index (Phi) is 7.50. The summed E-state index contributed by atoms with van der Waals surface area (Å²) < 4.78 is 1.08. The van der Waals surface area contributed by atoms with E-state index in [0.717, 1.165) is 65.6 Å². The Balaban J connectivity index is 1.16. The second-order valence-corrected chi connectivity index (χ2v) is 12.2. The maximum atomic E-state index is 13.0. The molecule has 2 saturated heterocycles. The van der Waals surface area contributed by atoms with Gasteiger partial charge in [0.2, 0.25) is 0 Å². The molecule has 3 fully saturated rings. The zero-order valence-corrected chi connectivity index (χ0v) is 23.4. The van der Waals surface area contributed by atoms with E-state index in [1.54, 1.807) is 16.2 Å². The first-order valence-electron chi connectivity index (χ1n) is 14.1. The van der Waals surface area contributed by atoms with Gasteiger partial charge in [0.15, 0.2) is 0 Å². The normalized spacial score (nSPS) is 19.8. The molecule has 5 heterocycles. The number of piperazine rings is 1. The van der Waals surface area contributed by atoms with Gasteiger partial charge in [-0.2, -0.15) is 0 Å². The first kappa shape index (κ1) is 25.5. The molecule has 2 N–H and O–H groups in total. The third kappa shape index (κ3) is 5.24. The molecule has 8 nitrogen and oxygen atoms in total. The lowest BCUT2D eigenvalue weighted by Crippen LogP contribution is -2.52. The van der Waals surface area contributed by atoms with E-state index in [1.165, 1.54) is 50.0 Å². The minimum Gasteiger partial charge on any atom is -0.370 e. The zero-order valence-electron chi connectivity index (χ0n) is 22.6. The Hall–Kier alpha value is -2.75. The van der Waals surface area contributed by atoms with Gasteiger partial charge in [0.25, 0.3) is 5.91 Å². The fraction of sp³-hybridized carbons (Fsp3) is 0.552. The second kappa shape index (κ2) is 11.2. The van der Waals surface area contributed by atoms with Crippen molar-refractivity contribution in [1.82, 2.24) is 25.1 Å². The van der Waals surface area contributed by atoms with Gasteiger partial charge >= 0.3 is 0 Å². The van der Waals surface area contributed by atoms with Gasteiger partial charge in [0.1, 0.15) is 11.6 Å². The van der Waals surface area contributed by atoms with Gasteiger partial charge in [-0.15, -0.1) is 11.3 Å². The average molecular weight is 534 g/mol. The van der Waals surface area contributed by atoms with Gasteiger partial charge in [0, 0.05) is 71.0 Å². The van der Waals surface area contributed by atoms with E-state index in [1.807, 2.05) is 26.5 Å². The average Bonchev–Trinajstić information content (AvgIpc) is 3.61. The summed E-state index contributed by atoms with van der Waals surface area (Å²) in [4.78, 5) is 30.1. The first-order chi connectivity index (χ1) is 18.6. The van der Waals surface area contributed by atoms with Crippen molar-refractivity contribution in [1.29, 1.82) is 0 Å². The number of anilines is 3. The highest BCUT2D eigenvalue weighted by Crippen LogP contribution is 2.44. The maximum absolute atomic E-state index is 13.0. The summed E-state index contributed by atoms with van der Waals surface area (Å²) in [5.41, 5.74) is 2.41. The quantitative estimate of drug-likeness (QED) is 0.477. The van der Waals surface area contributed by atoms with E-state index in [4.69, 9.17) is 4.98 Å². The molecule has 3 aromatic heterocycles. The van der Waals surface area contributed by atoms with Crippen molar-refractivity contribution in [2.75, 3.05) is 63.6 Å². The molecule has 0 radical (unpaired) electrons. The van der Waals surface area contributed by atoms with E-state index in [0.29, 0.717) is 12.0 Å². The lowest BCUT2D eigenvalue weighted by atomic mass is 9.94. The zero-order chi connectivity index (χ0) is 26.1. The van der Waals surface area contributed by atoms with Crippen LogP contribution in [0.4, 0.5) is 17.3 Å². The van der Waals surface area contributed by atoms with Crippen LogP contribution in [-0.2, 0) is 0 Å². The third-order valence-electron chi connectivity index (χ3n) is 8.48. The smallest absolute Gasteiger partial charge is 0.263 e. The molecule has 0 unspecified atom stereocenters. The van der Waals surface area contributed by atoms with Crippen LogP contribution >= 0.6 is 11.3 Å². The second-order valence-electron chi connectivity index (χ2n) is 11.1. The van der Waals surface area contributed by atoms with Crippen LogP contribution < -0.4 is 15.5 Å². The van der Waals surface area contributed by atoms with Crippen LogP contribution in [0.3, 0.4) is 0 Å². The SMILES string of the molecule is CN(C)C(=O)c1sc2cnc(Nc3ccc(N4CCC(N5CCNCC5)CC4)cn3)cc2c1C1CCCC1. The van der Waals surface area contributed by atoms with Crippen molar-refractivity contribution < 1.29 is 4.79 Å². The van der Waals surface area contributed by atoms with Crippen molar-refractivity contribution in [2.45, 2.75) is 50.5 Å². The summed E-state index contributed by atoms with van der Waals surface area (Å²) in [6, 6.07) is 7.04. The number of pyridine rings is 2. The summed E-state index contributed by atoms with van der Waals surface area (Å²) in [6.45, 7) is 6.74. The fourth-order valence-electron chi connectivity index (χ4n) is 6.39. The van der Waals surface area contributed by atoms with Gasteiger partial charge in [0.05, 0.1) is 21.5 Å². The van der Waals surface area contributed by atoms with Gasteiger partial charge in [-0.1, -0.05) is 12.8 Å². The number of carbonyl (C=O) groups excluding carboxylic acids is 1.